The van der Waals surface area contributed by atoms with Gasteiger partial charge in [-0.05, 0) is 50.7 Å². The third-order valence-corrected chi connectivity index (χ3v) is 5.13. The number of H-pyrrole nitrogens is 1. The molecule has 0 unspecified atom stereocenters. The van der Waals surface area contributed by atoms with Crippen molar-refractivity contribution >= 4 is 11.9 Å². The molecule has 0 aliphatic heterocycles. The molecule has 1 amide bonds. The Morgan fingerprint density at radius 3 is 2.09 bits per heavy atom. The molecule has 0 aliphatic rings. The Balaban J connectivity index is 2.61. The van der Waals surface area contributed by atoms with E-state index in [0.29, 0.717) is 24.3 Å². The molecule has 1 aromatic heterocycles. The lowest BCUT2D eigenvalue weighted by molar-refractivity contribution is -0.153. The molecule has 35 heavy (non-hydrogen) atoms. The topological polar surface area (TPSA) is 88.7 Å². The van der Waals surface area contributed by atoms with Crippen molar-refractivity contribution in [2.45, 2.75) is 74.0 Å². The van der Waals surface area contributed by atoms with Crippen LogP contribution in [0.25, 0.3) is 0 Å². The number of hydrogen-bond donors (Lipinski definition) is 1. The maximum Gasteiger partial charge on any atom is 0.310 e. The summed E-state index contributed by atoms with van der Waals surface area (Å²) in [5.41, 5.74) is 0.694. The Morgan fingerprint density at radius 2 is 1.57 bits per heavy atom. The molecule has 2 aromatic rings. The molecule has 1 aromatic carbocycles. The van der Waals surface area contributed by atoms with Crippen LogP contribution in [0.3, 0.4) is 0 Å². The molecule has 0 aliphatic carbocycles. The molecule has 0 saturated heterocycles. The molecular weight excluding hydrogens is 444 g/mol. The van der Waals surface area contributed by atoms with Crippen molar-refractivity contribution in [3.8, 4) is 5.75 Å². The first-order chi connectivity index (χ1) is 16.3. The van der Waals surface area contributed by atoms with Gasteiger partial charge in [-0.15, -0.1) is 0 Å². The normalized spacial score (nSPS) is 11.6. The van der Waals surface area contributed by atoms with Gasteiger partial charge in [0.2, 0.25) is 0 Å². The molecule has 0 fully saturated rings. The zero-order valence-electron chi connectivity index (χ0n) is 22.4. The van der Waals surface area contributed by atoms with E-state index in [1.807, 2.05) is 58.0 Å². The van der Waals surface area contributed by atoms with E-state index in [2.05, 4.69) is 4.98 Å². The van der Waals surface area contributed by atoms with Crippen LogP contribution in [-0.2, 0) is 22.6 Å². The number of aromatic amines is 1. The third-order valence-electron chi connectivity index (χ3n) is 5.13. The predicted octanol–water partition coefficient (Wildman–Crippen LogP) is 4.90. The summed E-state index contributed by atoms with van der Waals surface area (Å²) < 4.78 is 11.5. The van der Waals surface area contributed by atoms with Gasteiger partial charge in [-0.3, -0.25) is 14.4 Å². The number of nitrogens with zero attached hydrogens (tertiary/aromatic N) is 1. The van der Waals surface area contributed by atoms with Crippen LogP contribution in [0.2, 0.25) is 0 Å². The second-order valence-electron chi connectivity index (χ2n) is 10.8. The molecule has 0 bridgehead atoms. The number of amides is 1. The van der Waals surface area contributed by atoms with Gasteiger partial charge < -0.3 is 19.4 Å². The first-order valence-corrected chi connectivity index (χ1v) is 12.2. The van der Waals surface area contributed by atoms with Crippen LogP contribution in [0.15, 0.2) is 35.1 Å². The minimum atomic E-state index is -0.675. The van der Waals surface area contributed by atoms with E-state index in [1.54, 1.807) is 32.6 Å². The van der Waals surface area contributed by atoms with Crippen LogP contribution in [0.4, 0.5) is 0 Å². The summed E-state index contributed by atoms with van der Waals surface area (Å²) in [6.45, 7) is 16.4. The van der Waals surface area contributed by atoms with Crippen LogP contribution in [-0.4, -0.2) is 40.5 Å². The number of carbonyl (C=O) groups is 2. The molecule has 0 atom stereocenters. The van der Waals surface area contributed by atoms with Crippen LogP contribution < -0.4 is 10.3 Å². The largest absolute Gasteiger partial charge is 0.482 e. The average molecular weight is 485 g/mol. The van der Waals surface area contributed by atoms with E-state index in [-0.39, 0.29) is 42.1 Å². The number of aromatic nitrogens is 1. The first kappa shape index (κ1) is 28.1. The number of hydrogen-bond acceptors (Lipinski definition) is 5. The standard InChI is InChI=1S/C28H40N2O5/c1-18(2)15-30(16-19(3)4)27(33)24-22(14-23(31)35-28(6,7)8)20(5)29-26(32)25(24)34-17-21-12-10-9-11-13-21/h9-13,18-19H,14-17H2,1-8H3,(H,29,32). The summed E-state index contributed by atoms with van der Waals surface area (Å²) in [5, 5.41) is 0. The monoisotopic (exact) mass is 484 g/mol. The Hall–Kier alpha value is -3.09. The second kappa shape index (κ2) is 12.0. The average Bonchev–Trinajstić information content (AvgIpc) is 2.72. The van der Waals surface area contributed by atoms with Gasteiger partial charge in [0.15, 0.2) is 5.75 Å². The Morgan fingerprint density at radius 1 is 1.00 bits per heavy atom. The van der Waals surface area contributed by atoms with Crippen LogP contribution in [0.1, 0.15) is 75.6 Å². The highest BCUT2D eigenvalue weighted by atomic mass is 16.6. The van der Waals surface area contributed by atoms with Gasteiger partial charge in [0, 0.05) is 18.8 Å². The molecule has 2 rings (SSSR count). The fourth-order valence-corrected chi connectivity index (χ4v) is 3.86. The zero-order valence-corrected chi connectivity index (χ0v) is 22.4. The van der Waals surface area contributed by atoms with Crippen LogP contribution in [0.5, 0.6) is 5.75 Å². The van der Waals surface area contributed by atoms with E-state index in [4.69, 9.17) is 9.47 Å². The van der Waals surface area contributed by atoms with E-state index in [0.717, 1.165) is 5.56 Å². The van der Waals surface area contributed by atoms with Crippen molar-refractivity contribution in [2.75, 3.05) is 13.1 Å². The lowest BCUT2D eigenvalue weighted by Crippen LogP contribution is -2.39. The van der Waals surface area contributed by atoms with Crippen LogP contribution in [0, 0.1) is 18.8 Å². The molecule has 1 N–H and O–H groups in total. The van der Waals surface area contributed by atoms with Crippen molar-refractivity contribution in [3.63, 3.8) is 0 Å². The van der Waals surface area contributed by atoms with Crippen molar-refractivity contribution in [2.24, 2.45) is 11.8 Å². The summed E-state index contributed by atoms with van der Waals surface area (Å²) in [7, 11) is 0. The van der Waals surface area contributed by atoms with Gasteiger partial charge in [-0.25, -0.2) is 0 Å². The van der Waals surface area contributed by atoms with E-state index < -0.39 is 17.1 Å². The second-order valence-corrected chi connectivity index (χ2v) is 10.8. The van der Waals surface area contributed by atoms with E-state index >= 15 is 0 Å². The molecule has 7 heteroatoms. The number of rotatable bonds is 10. The fraction of sp³-hybridized carbons (Fsp3) is 0.536. The summed E-state index contributed by atoms with van der Waals surface area (Å²) in [4.78, 5) is 44.3. The van der Waals surface area contributed by atoms with Gasteiger partial charge in [-0.2, -0.15) is 0 Å². The third kappa shape index (κ3) is 8.57. The predicted molar refractivity (Wildman–Crippen MR) is 138 cm³/mol. The van der Waals surface area contributed by atoms with Gasteiger partial charge in [0.25, 0.3) is 11.5 Å². The highest BCUT2D eigenvalue weighted by Crippen LogP contribution is 2.26. The molecule has 192 valence electrons. The smallest absolute Gasteiger partial charge is 0.310 e. The Labute approximate surface area is 208 Å². The molecule has 1 heterocycles. The number of benzene rings is 1. The van der Waals surface area contributed by atoms with Crippen LogP contribution >= 0.6 is 0 Å². The number of ether oxygens (including phenoxy) is 2. The number of pyridine rings is 1. The summed E-state index contributed by atoms with van der Waals surface area (Å²) in [6.07, 6.45) is -0.153. The molecular formula is C28H40N2O5. The quantitative estimate of drug-likeness (QED) is 0.485. The minimum Gasteiger partial charge on any atom is -0.482 e. The lowest BCUT2D eigenvalue weighted by atomic mass is 9.99. The van der Waals surface area contributed by atoms with E-state index in [9.17, 15) is 14.4 Å². The minimum absolute atomic E-state index is 0.0690. The van der Waals surface area contributed by atoms with Crippen molar-refractivity contribution < 1.29 is 19.1 Å². The number of aryl methyl sites for hydroxylation is 1. The maximum atomic E-state index is 14.0. The molecule has 7 nitrogen and oxygen atoms in total. The lowest BCUT2D eigenvalue weighted by Gasteiger charge is -2.28. The molecule has 0 spiro atoms. The highest BCUT2D eigenvalue weighted by Gasteiger charge is 2.30. The van der Waals surface area contributed by atoms with E-state index in [1.165, 1.54) is 0 Å². The van der Waals surface area contributed by atoms with Gasteiger partial charge in [-0.1, -0.05) is 58.0 Å². The molecule has 0 saturated carbocycles. The maximum absolute atomic E-state index is 14.0. The zero-order chi connectivity index (χ0) is 26.3. The number of esters is 1. The SMILES string of the molecule is Cc1[nH]c(=O)c(OCc2ccccc2)c(C(=O)N(CC(C)C)CC(C)C)c1CC(=O)OC(C)(C)C. The summed E-state index contributed by atoms with van der Waals surface area (Å²) in [6, 6.07) is 9.42. The Bertz CT molecular complexity index is 1060. The number of carbonyl (C=O) groups excluding carboxylic acids is 2. The first-order valence-electron chi connectivity index (χ1n) is 12.2. The highest BCUT2D eigenvalue weighted by molar-refractivity contribution is 5.99. The Kier molecular flexibility index (Phi) is 9.69. The van der Waals surface area contributed by atoms with Gasteiger partial charge in [0.05, 0.1) is 12.0 Å². The van der Waals surface area contributed by atoms with Crippen molar-refractivity contribution in [1.29, 1.82) is 0 Å². The van der Waals surface area contributed by atoms with Crippen molar-refractivity contribution in [3.05, 3.63) is 63.1 Å². The fourth-order valence-electron chi connectivity index (χ4n) is 3.86. The molecule has 0 radical (unpaired) electrons. The summed E-state index contributed by atoms with van der Waals surface area (Å²) >= 11 is 0. The van der Waals surface area contributed by atoms with Gasteiger partial charge >= 0.3 is 5.97 Å². The number of nitrogens with one attached hydrogen (secondary N) is 1. The van der Waals surface area contributed by atoms with Gasteiger partial charge in [0.1, 0.15) is 12.2 Å². The van der Waals surface area contributed by atoms with Crippen molar-refractivity contribution in [1.82, 2.24) is 9.88 Å². The summed E-state index contributed by atoms with van der Waals surface area (Å²) in [5.74, 6) is -0.411.